The molecular formula is C9H10O3. The summed E-state index contributed by atoms with van der Waals surface area (Å²) < 4.78 is 4.88. The second kappa shape index (κ2) is 3.85. The molecule has 1 aliphatic heterocycles. The van der Waals surface area contributed by atoms with E-state index in [2.05, 4.69) is 0 Å². The van der Waals surface area contributed by atoms with Gasteiger partial charge in [-0.25, -0.2) is 0 Å². The van der Waals surface area contributed by atoms with Crippen LogP contribution in [0.5, 0.6) is 0 Å². The van der Waals surface area contributed by atoms with Crippen LogP contribution < -0.4 is 0 Å². The molecule has 0 saturated carbocycles. The van der Waals surface area contributed by atoms with Crippen LogP contribution in [-0.2, 0) is 14.3 Å². The normalized spacial score (nSPS) is 22.1. The molecule has 0 radical (unpaired) electrons. The van der Waals surface area contributed by atoms with E-state index in [0.717, 1.165) is 6.29 Å². The number of hydrogen-bond donors (Lipinski definition) is 0. The van der Waals surface area contributed by atoms with Crippen LogP contribution in [0, 0.1) is 5.92 Å². The molecule has 3 heteroatoms. The fraction of sp³-hybridized carbons (Fsp3) is 0.333. The number of rotatable bonds is 2. The Morgan fingerprint density at radius 1 is 1.75 bits per heavy atom. The van der Waals surface area contributed by atoms with Gasteiger partial charge in [0.05, 0.1) is 12.5 Å². The average Bonchev–Trinajstić information content (AvgIpc) is 2.28. The number of ether oxygens (including phenoxy) is 1. The van der Waals surface area contributed by atoms with Crippen molar-refractivity contribution >= 4 is 12.1 Å². The summed E-state index contributed by atoms with van der Waals surface area (Å²) in [6.45, 7) is 1.46. The predicted molar refractivity (Wildman–Crippen MR) is 43.2 cm³/mol. The van der Waals surface area contributed by atoms with E-state index in [1.807, 2.05) is 0 Å². The fourth-order valence-electron chi connectivity index (χ4n) is 0.958. The van der Waals surface area contributed by atoms with Gasteiger partial charge in [0.2, 0.25) is 0 Å². The first-order chi connectivity index (χ1) is 5.74. The van der Waals surface area contributed by atoms with Crippen LogP contribution in [0.2, 0.25) is 0 Å². The Labute approximate surface area is 70.7 Å². The zero-order chi connectivity index (χ0) is 8.97. The minimum absolute atomic E-state index is 0.0504. The van der Waals surface area contributed by atoms with Crippen molar-refractivity contribution in [1.82, 2.24) is 0 Å². The largest absolute Gasteiger partial charge is 0.473 e. The lowest BCUT2D eigenvalue weighted by molar-refractivity contribution is -0.114. The molecule has 1 unspecified atom stereocenters. The molecule has 1 heterocycles. The molecule has 0 fully saturated rings. The summed E-state index contributed by atoms with van der Waals surface area (Å²) in [4.78, 5) is 21.4. The van der Waals surface area contributed by atoms with Crippen LogP contribution in [0.3, 0.4) is 0 Å². The van der Waals surface area contributed by atoms with Gasteiger partial charge in [-0.2, -0.15) is 0 Å². The van der Waals surface area contributed by atoms with E-state index < -0.39 is 0 Å². The lowest BCUT2D eigenvalue weighted by Gasteiger charge is -2.01. The average molecular weight is 166 g/mol. The number of allylic oxidation sites excluding steroid dienone is 2. The summed E-state index contributed by atoms with van der Waals surface area (Å²) >= 11 is 0. The van der Waals surface area contributed by atoms with Gasteiger partial charge in [0, 0.05) is 11.5 Å². The number of aldehydes is 1. The molecule has 0 aromatic carbocycles. The van der Waals surface area contributed by atoms with E-state index >= 15 is 0 Å². The van der Waals surface area contributed by atoms with E-state index in [1.54, 1.807) is 6.08 Å². The van der Waals surface area contributed by atoms with Crippen molar-refractivity contribution in [3.8, 4) is 0 Å². The minimum atomic E-state index is -0.234. The molecule has 0 aliphatic carbocycles. The number of Topliss-reactive ketones (excluding diaryl/α,β-unsaturated/α-hetero) is 1. The SMILES string of the molecule is CC(=O)C1=COC=CC(C=O)C1. The summed E-state index contributed by atoms with van der Waals surface area (Å²) in [6.07, 6.45) is 5.70. The van der Waals surface area contributed by atoms with Crippen LogP contribution >= 0.6 is 0 Å². The van der Waals surface area contributed by atoms with Gasteiger partial charge in [-0.1, -0.05) is 0 Å². The highest BCUT2D eigenvalue weighted by Gasteiger charge is 2.13. The quantitative estimate of drug-likeness (QED) is 0.579. The van der Waals surface area contributed by atoms with Gasteiger partial charge in [-0.3, -0.25) is 4.79 Å². The highest BCUT2D eigenvalue weighted by molar-refractivity contribution is 5.93. The second-order valence-corrected chi connectivity index (χ2v) is 2.67. The van der Waals surface area contributed by atoms with Crippen molar-refractivity contribution in [2.24, 2.45) is 5.92 Å². The number of hydrogen-bond acceptors (Lipinski definition) is 3. The second-order valence-electron chi connectivity index (χ2n) is 2.67. The van der Waals surface area contributed by atoms with Crippen molar-refractivity contribution in [2.75, 3.05) is 0 Å². The summed E-state index contributed by atoms with van der Waals surface area (Å²) in [7, 11) is 0. The molecule has 0 amide bonds. The first-order valence-electron chi connectivity index (χ1n) is 3.71. The summed E-state index contributed by atoms with van der Waals surface area (Å²) in [5.74, 6) is -0.284. The Morgan fingerprint density at radius 2 is 2.50 bits per heavy atom. The van der Waals surface area contributed by atoms with Crippen LogP contribution in [0.25, 0.3) is 0 Å². The maximum atomic E-state index is 10.9. The molecule has 64 valence electrons. The van der Waals surface area contributed by atoms with E-state index in [4.69, 9.17) is 4.74 Å². The molecular weight excluding hydrogens is 156 g/mol. The topological polar surface area (TPSA) is 43.4 Å². The van der Waals surface area contributed by atoms with Crippen molar-refractivity contribution in [2.45, 2.75) is 13.3 Å². The van der Waals surface area contributed by atoms with Gasteiger partial charge in [0.15, 0.2) is 5.78 Å². The lowest BCUT2D eigenvalue weighted by Crippen LogP contribution is -2.04. The van der Waals surface area contributed by atoms with Gasteiger partial charge < -0.3 is 9.53 Å². The Morgan fingerprint density at radius 3 is 3.08 bits per heavy atom. The molecule has 0 N–H and O–H groups in total. The van der Waals surface area contributed by atoms with E-state index in [0.29, 0.717) is 12.0 Å². The van der Waals surface area contributed by atoms with Crippen molar-refractivity contribution in [1.29, 1.82) is 0 Å². The molecule has 0 aromatic rings. The number of carbonyl (C=O) groups is 2. The highest BCUT2D eigenvalue weighted by atomic mass is 16.5. The molecule has 1 aliphatic rings. The number of ketones is 1. The van der Waals surface area contributed by atoms with Crippen molar-refractivity contribution in [3.63, 3.8) is 0 Å². The predicted octanol–water partition coefficient (Wildman–Crippen LogP) is 1.21. The molecule has 0 spiro atoms. The molecule has 1 rings (SSSR count). The zero-order valence-corrected chi connectivity index (χ0v) is 6.82. The molecule has 0 aromatic heterocycles. The zero-order valence-electron chi connectivity index (χ0n) is 6.82. The first kappa shape index (κ1) is 8.71. The van der Waals surface area contributed by atoms with Gasteiger partial charge in [0.25, 0.3) is 0 Å². The Hall–Kier alpha value is -1.38. The fourth-order valence-corrected chi connectivity index (χ4v) is 0.958. The van der Waals surface area contributed by atoms with Crippen LogP contribution in [-0.4, -0.2) is 12.1 Å². The first-order valence-corrected chi connectivity index (χ1v) is 3.71. The molecule has 1 atom stereocenters. The van der Waals surface area contributed by atoms with Crippen LogP contribution in [0.15, 0.2) is 24.2 Å². The lowest BCUT2D eigenvalue weighted by atomic mass is 10.00. The summed E-state index contributed by atoms with van der Waals surface area (Å²) in [5.41, 5.74) is 0.553. The van der Waals surface area contributed by atoms with Crippen molar-refractivity contribution < 1.29 is 14.3 Å². The summed E-state index contributed by atoms with van der Waals surface area (Å²) in [5, 5.41) is 0. The molecule has 3 nitrogen and oxygen atoms in total. The van der Waals surface area contributed by atoms with Gasteiger partial charge in [-0.15, -0.1) is 0 Å². The minimum Gasteiger partial charge on any atom is -0.473 e. The molecule has 0 saturated heterocycles. The van der Waals surface area contributed by atoms with Crippen LogP contribution in [0.4, 0.5) is 0 Å². The third kappa shape index (κ3) is 2.05. The smallest absolute Gasteiger partial charge is 0.158 e. The monoisotopic (exact) mass is 166 g/mol. The highest BCUT2D eigenvalue weighted by Crippen LogP contribution is 2.15. The van der Waals surface area contributed by atoms with Gasteiger partial charge in [-0.05, 0) is 19.4 Å². The number of carbonyl (C=O) groups excluding carboxylic acids is 2. The van der Waals surface area contributed by atoms with E-state index in [-0.39, 0.29) is 11.7 Å². The van der Waals surface area contributed by atoms with Gasteiger partial charge in [0.1, 0.15) is 6.29 Å². The van der Waals surface area contributed by atoms with Crippen molar-refractivity contribution in [3.05, 3.63) is 24.2 Å². The van der Waals surface area contributed by atoms with E-state index in [9.17, 15) is 9.59 Å². The third-order valence-electron chi connectivity index (χ3n) is 1.70. The van der Waals surface area contributed by atoms with E-state index in [1.165, 1.54) is 19.4 Å². The Balaban J connectivity index is 2.74. The Kier molecular flexibility index (Phi) is 2.80. The summed E-state index contributed by atoms with van der Waals surface area (Å²) in [6, 6.07) is 0. The molecule has 0 bridgehead atoms. The maximum Gasteiger partial charge on any atom is 0.158 e. The Bertz CT molecular complexity index is 250. The van der Waals surface area contributed by atoms with Gasteiger partial charge >= 0.3 is 0 Å². The van der Waals surface area contributed by atoms with Crippen LogP contribution in [0.1, 0.15) is 13.3 Å². The standard InChI is InChI=1S/C9H10O3/c1-7(11)9-4-8(5-10)2-3-12-6-9/h2-3,5-6,8H,4H2,1H3. The third-order valence-corrected chi connectivity index (χ3v) is 1.70. The molecule has 12 heavy (non-hydrogen) atoms. The maximum absolute atomic E-state index is 10.9.